The highest BCUT2D eigenvalue weighted by Gasteiger charge is 2.82. The molecule has 3 N–H and O–H groups in total. The molecule has 4 aliphatic carbocycles. The number of Topliss-reactive ketones (excluding diaryl/α,β-unsaturated/α-hetero) is 1. The fourth-order valence-corrected chi connectivity index (χ4v) is 8.07. The highest BCUT2D eigenvalue weighted by Crippen LogP contribution is 2.75. The molecule has 2 aliphatic heterocycles. The third-order valence-corrected chi connectivity index (χ3v) is 9.16. The van der Waals surface area contributed by atoms with Crippen molar-refractivity contribution in [1.29, 1.82) is 0 Å². The van der Waals surface area contributed by atoms with Gasteiger partial charge < -0.3 is 24.8 Å². The van der Waals surface area contributed by atoms with Crippen LogP contribution in [0.5, 0.6) is 0 Å². The SMILES string of the molecule is C=C1C(=O)C23C4CC5C(C)(C)C(O)CCC5(C(OC)O4)C2C(O)CC1C3O. The number of methoxy groups -OCH3 is 1. The molecular weight excluding hydrogens is 348 g/mol. The minimum atomic E-state index is -1.14. The zero-order valence-corrected chi connectivity index (χ0v) is 16.2. The third kappa shape index (κ3) is 1.71. The van der Waals surface area contributed by atoms with E-state index in [9.17, 15) is 20.1 Å². The van der Waals surface area contributed by atoms with Crippen LogP contribution >= 0.6 is 0 Å². The van der Waals surface area contributed by atoms with Gasteiger partial charge in [0.15, 0.2) is 12.1 Å². The van der Waals surface area contributed by atoms with Crippen LogP contribution in [-0.2, 0) is 14.3 Å². The predicted molar refractivity (Wildman–Crippen MR) is 95.4 cm³/mol. The molecule has 150 valence electrons. The smallest absolute Gasteiger partial charge is 0.170 e. The van der Waals surface area contributed by atoms with Crippen LogP contribution in [0.2, 0.25) is 0 Å². The van der Waals surface area contributed by atoms with Gasteiger partial charge >= 0.3 is 0 Å². The van der Waals surface area contributed by atoms with Crippen LogP contribution in [0, 0.1) is 34.0 Å². The molecule has 0 aromatic rings. The average molecular weight is 378 g/mol. The van der Waals surface area contributed by atoms with Gasteiger partial charge in [0, 0.05) is 24.4 Å². The fourth-order valence-electron chi connectivity index (χ4n) is 8.07. The molecule has 2 spiro atoms. The highest BCUT2D eigenvalue weighted by molar-refractivity contribution is 6.04. The number of ketones is 1. The zero-order chi connectivity index (χ0) is 19.5. The third-order valence-electron chi connectivity index (χ3n) is 9.16. The Morgan fingerprint density at radius 2 is 1.93 bits per heavy atom. The monoisotopic (exact) mass is 378 g/mol. The van der Waals surface area contributed by atoms with E-state index in [0.29, 0.717) is 31.3 Å². The van der Waals surface area contributed by atoms with Gasteiger partial charge in [0.2, 0.25) is 0 Å². The van der Waals surface area contributed by atoms with Crippen LogP contribution in [0.3, 0.4) is 0 Å². The van der Waals surface area contributed by atoms with E-state index in [1.807, 2.05) is 0 Å². The number of carbonyl (C=O) groups is 1. The Bertz CT molecular complexity index is 717. The van der Waals surface area contributed by atoms with Gasteiger partial charge in [0.25, 0.3) is 0 Å². The van der Waals surface area contributed by atoms with Crippen LogP contribution in [0.1, 0.15) is 39.5 Å². The molecule has 4 bridgehead atoms. The minimum absolute atomic E-state index is 0.0353. The summed E-state index contributed by atoms with van der Waals surface area (Å²) < 4.78 is 12.1. The quantitative estimate of drug-likeness (QED) is 0.590. The number of aliphatic hydroxyl groups excluding tert-OH is 3. The van der Waals surface area contributed by atoms with Gasteiger partial charge in [0.1, 0.15) is 0 Å². The van der Waals surface area contributed by atoms with Crippen molar-refractivity contribution in [3.05, 3.63) is 12.2 Å². The van der Waals surface area contributed by atoms with Crippen molar-refractivity contribution in [1.82, 2.24) is 0 Å². The van der Waals surface area contributed by atoms with E-state index < -0.39 is 58.8 Å². The van der Waals surface area contributed by atoms with E-state index >= 15 is 0 Å². The van der Waals surface area contributed by atoms with Gasteiger partial charge in [-0.2, -0.15) is 0 Å². The summed E-state index contributed by atoms with van der Waals surface area (Å²) in [7, 11) is 1.60. The first-order valence-electron chi connectivity index (χ1n) is 10.1. The van der Waals surface area contributed by atoms with Crippen LogP contribution in [0.25, 0.3) is 0 Å². The van der Waals surface area contributed by atoms with Crippen molar-refractivity contribution < 1.29 is 29.6 Å². The Hall–Kier alpha value is -0.790. The maximum Gasteiger partial charge on any atom is 0.170 e. The molecular formula is C21H30O6. The average Bonchev–Trinajstić information content (AvgIpc) is 2.75. The highest BCUT2D eigenvalue weighted by atomic mass is 16.7. The molecule has 6 fully saturated rings. The predicted octanol–water partition coefficient (Wildman–Crippen LogP) is 1.03. The van der Waals surface area contributed by atoms with Crippen molar-refractivity contribution in [3.8, 4) is 0 Å². The first-order valence-corrected chi connectivity index (χ1v) is 10.1. The first kappa shape index (κ1) is 18.3. The first-order chi connectivity index (χ1) is 12.6. The van der Waals surface area contributed by atoms with Crippen LogP contribution in [0.4, 0.5) is 0 Å². The van der Waals surface area contributed by atoms with Gasteiger partial charge in [-0.3, -0.25) is 4.79 Å². The second-order valence-electron chi connectivity index (χ2n) is 10.1. The minimum Gasteiger partial charge on any atom is -0.393 e. The molecule has 10 atom stereocenters. The number of carbonyl (C=O) groups excluding carboxylic acids is 1. The molecule has 6 rings (SSSR count). The van der Waals surface area contributed by atoms with E-state index in [1.165, 1.54) is 0 Å². The Morgan fingerprint density at radius 3 is 2.59 bits per heavy atom. The summed E-state index contributed by atoms with van der Waals surface area (Å²) in [5.74, 6) is -0.946. The normalized spacial score (nSPS) is 58.1. The molecule has 2 saturated heterocycles. The molecule has 6 nitrogen and oxygen atoms in total. The number of fused-ring (bicyclic) bond motifs is 2. The van der Waals surface area contributed by atoms with Gasteiger partial charge in [0.05, 0.1) is 29.8 Å². The van der Waals surface area contributed by atoms with E-state index in [0.717, 1.165) is 0 Å². The summed E-state index contributed by atoms with van der Waals surface area (Å²) in [6, 6.07) is 0. The summed E-state index contributed by atoms with van der Waals surface area (Å²) in [6.07, 6.45) is -1.05. The van der Waals surface area contributed by atoms with E-state index in [4.69, 9.17) is 9.47 Å². The van der Waals surface area contributed by atoms with Crippen molar-refractivity contribution in [2.24, 2.45) is 34.0 Å². The fraction of sp³-hybridized carbons (Fsp3) is 0.857. The molecule has 0 aromatic heterocycles. The Balaban J connectivity index is 1.76. The molecule has 0 aromatic carbocycles. The van der Waals surface area contributed by atoms with Crippen LogP contribution < -0.4 is 0 Å². The number of ether oxygens (including phenoxy) is 2. The molecule has 4 saturated carbocycles. The van der Waals surface area contributed by atoms with E-state index in [-0.39, 0.29) is 11.7 Å². The van der Waals surface area contributed by atoms with E-state index in [1.54, 1.807) is 7.11 Å². The summed E-state index contributed by atoms with van der Waals surface area (Å²) >= 11 is 0. The Labute approximate surface area is 159 Å². The van der Waals surface area contributed by atoms with Crippen molar-refractivity contribution in [3.63, 3.8) is 0 Å². The number of rotatable bonds is 1. The van der Waals surface area contributed by atoms with Gasteiger partial charge in [-0.15, -0.1) is 0 Å². The number of hydrogen-bond acceptors (Lipinski definition) is 6. The summed E-state index contributed by atoms with van der Waals surface area (Å²) in [6.45, 7) is 8.09. The van der Waals surface area contributed by atoms with Gasteiger partial charge in [-0.1, -0.05) is 20.4 Å². The van der Waals surface area contributed by atoms with Crippen LogP contribution in [0.15, 0.2) is 12.2 Å². The molecule has 27 heavy (non-hydrogen) atoms. The lowest BCUT2D eigenvalue weighted by Gasteiger charge is -2.73. The largest absolute Gasteiger partial charge is 0.393 e. The lowest BCUT2D eigenvalue weighted by atomic mass is 9.36. The second-order valence-corrected chi connectivity index (χ2v) is 10.1. The zero-order valence-electron chi connectivity index (χ0n) is 16.2. The Morgan fingerprint density at radius 1 is 1.22 bits per heavy atom. The van der Waals surface area contributed by atoms with Crippen molar-refractivity contribution in [2.45, 2.75) is 70.2 Å². The maximum absolute atomic E-state index is 13.4. The Kier molecular flexibility index (Phi) is 3.53. The molecule has 0 amide bonds. The molecule has 2 heterocycles. The number of aliphatic hydroxyl groups is 3. The molecule has 6 aliphatic rings. The van der Waals surface area contributed by atoms with Crippen molar-refractivity contribution in [2.75, 3.05) is 7.11 Å². The van der Waals surface area contributed by atoms with E-state index in [2.05, 4.69) is 20.4 Å². The van der Waals surface area contributed by atoms with Crippen molar-refractivity contribution >= 4 is 5.78 Å². The van der Waals surface area contributed by atoms with Crippen LogP contribution in [-0.4, -0.2) is 58.9 Å². The molecule has 0 radical (unpaired) electrons. The van der Waals surface area contributed by atoms with Gasteiger partial charge in [-0.05, 0) is 42.6 Å². The molecule has 6 heteroatoms. The maximum atomic E-state index is 13.4. The lowest BCUT2D eigenvalue weighted by molar-refractivity contribution is -0.403. The summed E-state index contributed by atoms with van der Waals surface area (Å²) in [5, 5.41) is 33.2. The molecule has 10 unspecified atom stereocenters. The second kappa shape index (κ2) is 5.22. The lowest BCUT2D eigenvalue weighted by Crippen LogP contribution is -2.79. The number of hydrogen-bond donors (Lipinski definition) is 3. The topological polar surface area (TPSA) is 96.2 Å². The summed E-state index contributed by atoms with van der Waals surface area (Å²) in [5.41, 5.74) is -1.71. The summed E-state index contributed by atoms with van der Waals surface area (Å²) in [4.78, 5) is 13.4. The standard InChI is InChI=1S/C21H30O6/c1-9-10-7-11(22)15-20-6-5-13(23)19(2,3)12(20)8-14(27-18(20)26-4)21(15,16(9)24)17(10)25/h10-15,17-18,22-23,25H,1,5-8H2,2-4H3. The van der Waals surface area contributed by atoms with Gasteiger partial charge in [-0.25, -0.2) is 0 Å².